The first-order valence-corrected chi connectivity index (χ1v) is 11.1. The summed E-state index contributed by atoms with van der Waals surface area (Å²) in [5.41, 5.74) is 1.69. The molecule has 0 bridgehead atoms. The summed E-state index contributed by atoms with van der Waals surface area (Å²) in [5.74, 6) is 1.65. The number of aromatic amines is 1. The molecule has 170 valence electrons. The van der Waals surface area contributed by atoms with E-state index in [2.05, 4.69) is 32.1 Å². The average Bonchev–Trinajstić information content (AvgIpc) is 3.54. The number of hydrogen-bond donors (Lipinski definition) is 2. The van der Waals surface area contributed by atoms with E-state index < -0.39 is 11.9 Å². The lowest BCUT2D eigenvalue weighted by Crippen LogP contribution is -2.50. The van der Waals surface area contributed by atoms with Gasteiger partial charge in [-0.05, 0) is 43.4 Å². The van der Waals surface area contributed by atoms with Crippen LogP contribution in [-0.4, -0.2) is 50.6 Å². The zero-order valence-corrected chi connectivity index (χ0v) is 17.9. The van der Waals surface area contributed by atoms with Gasteiger partial charge >= 0.3 is 6.18 Å². The van der Waals surface area contributed by atoms with Gasteiger partial charge in [0.2, 0.25) is 0 Å². The van der Waals surface area contributed by atoms with Crippen LogP contribution >= 0.6 is 0 Å². The van der Waals surface area contributed by atoms with E-state index in [9.17, 15) is 13.2 Å². The fourth-order valence-corrected chi connectivity index (χ4v) is 4.65. The van der Waals surface area contributed by atoms with Crippen molar-refractivity contribution in [3.63, 3.8) is 0 Å². The Labute approximate surface area is 187 Å². The minimum atomic E-state index is -4.49. The molecule has 2 N–H and O–H groups in total. The number of rotatable bonds is 3. The summed E-state index contributed by atoms with van der Waals surface area (Å²) >= 11 is 0. The first kappa shape index (κ1) is 20.3. The maximum absolute atomic E-state index is 13.3. The van der Waals surface area contributed by atoms with Gasteiger partial charge in [0.25, 0.3) is 0 Å². The largest absolute Gasteiger partial charge is 0.431 e. The van der Waals surface area contributed by atoms with E-state index in [4.69, 9.17) is 9.97 Å². The summed E-state index contributed by atoms with van der Waals surface area (Å²) in [4.78, 5) is 22.9. The second-order valence-corrected chi connectivity index (χ2v) is 8.82. The van der Waals surface area contributed by atoms with Crippen molar-refractivity contribution in [3.05, 3.63) is 42.0 Å². The number of alkyl halides is 3. The number of piperazine rings is 1. The Kier molecular flexibility index (Phi) is 4.55. The molecule has 1 atom stereocenters. The number of fused-ring (bicyclic) bond motifs is 2. The first-order valence-electron chi connectivity index (χ1n) is 11.1. The van der Waals surface area contributed by atoms with Crippen LogP contribution in [0.4, 0.5) is 19.0 Å². The zero-order chi connectivity index (χ0) is 22.7. The predicted octanol–water partition coefficient (Wildman–Crippen LogP) is 4.26. The number of nitrogens with zero attached hydrogens (tertiary/aromatic N) is 5. The van der Waals surface area contributed by atoms with Gasteiger partial charge in [-0.25, -0.2) is 15.0 Å². The third-order valence-corrected chi connectivity index (χ3v) is 6.49. The number of aromatic nitrogens is 5. The number of nitrogens with one attached hydrogen (secondary N) is 2. The van der Waals surface area contributed by atoms with E-state index >= 15 is 0 Å². The summed E-state index contributed by atoms with van der Waals surface area (Å²) in [6.45, 7) is 4.59. The molecule has 1 aliphatic heterocycles. The molecule has 1 saturated heterocycles. The third-order valence-electron chi connectivity index (χ3n) is 6.49. The number of pyridine rings is 2. The Bertz CT molecular complexity index is 1360. The van der Waals surface area contributed by atoms with Crippen LogP contribution in [0.3, 0.4) is 0 Å². The summed E-state index contributed by atoms with van der Waals surface area (Å²) in [5, 5.41) is 4.75. The van der Waals surface area contributed by atoms with Crippen molar-refractivity contribution >= 4 is 27.8 Å². The molecule has 4 aromatic rings. The Balaban J connectivity index is 1.60. The smallest absolute Gasteiger partial charge is 0.351 e. The van der Waals surface area contributed by atoms with E-state index in [0.717, 1.165) is 55.3 Å². The fourth-order valence-electron chi connectivity index (χ4n) is 4.65. The highest BCUT2D eigenvalue weighted by Crippen LogP contribution is 2.45. The van der Waals surface area contributed by atoms with Crippen molar-refractivity contribution in [3.8, 4) is 11.4 Å². The Morgan fingerprint density at radius 2 is 2.00 bits per heavy atom. The standard InChI is InChI=1S/C23H22F3N7/c1-12-9-27-6-7-33(12)22-19-16(13-2-3-13)10-28-11-17(19)30-21(32-22)14-4-5-29-20-15(14)8-18(31-20)23(24,25)26/h4-5,8,10-13,27H,2-3,6-7,9H2,1H3,(H,29,31)/t12-/m0/s1. The number of halogens is 3. The lowest BCUT2D eigenvalue weighted by molar-refractivity contribution is -0.140. The second-order valence-electron chi connectivity index (χ2n) is 8.82. The first-order chi connectivity index (χ1) is 15.9. The second kappa shape index (κ2) is 7.38. The highest BCUT2D eigenvalue weighted by molar-refractivity contribution is 5.97. The van der Waals surface area contributed by atoms with Crippen molar-refractivity contribution in [1.82, 2.24) is 30.2 Å². The van der Waals surface area contributed by atoms with Crippen LogP contribution in [0.2, 0.25) is 0 Å². The van der Waals surface area contributed by atoms with Crippen LogP contribution < -0.4 is 10.2 Å². The molecule has 5 heterocycles. The Morgan fingerprint density at radius 1 is 1.15 bits per heavy atom. The van der Waals surface area contributed by atoms with E-state index in [1.807, 2.05) is 6.20 Å². The number of H-pyrrole nitrogens is 1. The molecule has 4 aromatic heterocycles. The predicted molar refractivity (Wildman–Crippen MR) is 119 cm³/mol. The molecule has 10 heteroatoms. The molecular formula is C23H22F3N7. The summed E-state index contributed by atoms with van der Waals surface area (Å²) in [6.07, 6.45) is 2.85. The summed E-state index contributed by atoms with van der Waals surface area (Å²) in [7, 11) is 0. The van der Waals surface area contributed by atoms with Gasteiger partial charge in [-0.2, -0.15) is 13.2 Å². The SMILES string of the molecule is C[C@H]1CNCCN1c1nc(-c2ccnc3[nH]c(C(F)(F)F)cc23)nc2cncc(C3CC3)c12. The maximum atomic E-state index is 13.3. The van der Waals surface area contributed by atoms with Crippen LogP contribution in [0.15, 0.2) is 30.7 Å². The van der Waals surface area contributed by atoms with Crippen LogP contribution in [0.5, 0.6) is 0 Å². The minimum absolute atomic E-state index is 0.158. The Hall–Kier alpha value is -3.27. The van der Waals surface area contributed by atoms with E-state index in [-0.39, 0.29) is 11.7 Å². The normalized spacial score (nSPS) is 19.5. The van der Waals surface area contributed by atoms with Crippen molar-refractivity contribution in [2.24, 2.45) is 0 Å². The molecule has 1 aliphatic carbocycles. The van der Waals surface area contributed by atoms with Crippen molar-refractivity contribution in [1.29, 1.82) is 0 Å². The van der Waals surface area contributed by atoms with Crippen LogP contribution in [-0.2, 0) is 6.18 Å². The van der Waals surface area contributed by atoms with Crippen LogP contribution in [0.1, 0.15) is 36.9 Å². The van der Waals surface area contributed by atoms with Gasteiger partial charge in [-0.3, -0.25) is 4.98 Å². The van der Waals surface area contributed by atoms with Crippen molar-refractivity contribution < 1.29 is 13.2 Å². The lowest BCUT2D eigenvalue weighted by atomic mass is 10.1. The third kappa shape index (κ3) is 3.49. The van der Waals surface area contributed by atoms with Crippen molar-refractivity contribution in [2.45, 2.75) is 37.9 Å². The van der Waals surface area contributed by atoms with E-state index in [0.29, 0.717) is 28.2 Å². The van der Waals surface area contributed by atoms with Gasteiger partial charge in [0.05, 0.1) is 11.7 Å². The topological polar surface area (TPSA) is 82.6 Å². The fraction of sp³-hybridized carbons (Fsp3) is 0.391. The molecule has 7 nitrogen and oxygen atoms in total. The summed E-state index contributed by atoms with van der Waals surface area (Å²) in [6, 6.07) is 2.96. The molecule has 0 spiro atoms. The molecule has 6 rings (SSSR count). The zero-order valence-electron chi connectivity index (χ0n) is 17.9. The van der Waals surface area contributed by atoms with Gasteiger partial charge in [0, 0.05) is 54.4 Å². The van der Waals surface area contributed by atoms with Gasteiger partial charge in [0.15, 0.2) is 5.82 Å². The minimum Gasteiger partial charge on any atom is -0.351 e. The quantitative estimate of drug-likeness (QED) is 0.482. The molecule has 2 aliphatic rings. The molecule has 0 amide bonds. The van der Waals surface area contributed by atoms with Crippen molar-refractivity contribution in [2.75, 3.05) is 24.5 Å². The van der Waals surface area contributed by atoms with E-state index in [1.165, 1.54) is 6.20 Å². The molecule has 2 fully saturated rings. The van der Waals surface area contributed by atoms with Crippen LogP contribution in [0.25, 0.3) is 33.3 Å². The molecule has 1 saturated carbocycles. The molecule has 0 unspecified atom stereocenters. The highest BCUT2D eigenvalue weighted by atomic mass is 19.4. The lowest BCUT2D eigenvalue weighted by Gasteiger charge is -2.36. The maximum Gasteiger partial charge on any atom is 0.431 e. The van der Waals surface area contributed by atoms with Crippen LogP contribution in [0, 0.1) is 0 Å². The van der Waals surface area contributed by atoms with Gasteiger partial charge in [-0.1, -0.05) is 0 Å². The van der Waals surface area contributed by atoms with Gasteiger partial charge < -0.3 is 15.2 Å². The highest BCUT2D eigenvalue weighted by Gasteiger charge is 2.34. The number of anilines is 1. The summed E-state index contributed by atoms with van der Waals surface area (Å²) < 4.78 is 40.0. The average molecular weight is 453 g/mol. The molecule has 0 radical (unpaired) electrons. The van der Waals surface area contributed by atoms with Gasteiger partial charge in [0.1, 0.15) is 17.2 Å². The van der Waals surface area contributed by atoms with Gasteiger partial charge in [-0.15, -0.1) is 0 Å². The molecule has 33 heavy (non-hydrogen) atoms. The van der Waals surface area contributed by atoms with E-state index in [1.54, 1.807) is 12.3 Å². The number of hydrogen-bond acceptors (Lipinski definition) is 6. The Morgan fingerprint density at radius 3 is 2.76 bits per heavy atom. The monoisotopic (exact) mass is 453 g/mol. The molecule has 0 aromatic carbocycles. The molecular weight excluding hydrogens is 431 g/mol.